The third-order valence-corrected chi connectivity index (χ3v) is 2.32. The van der Waals surface area contributed by atoms with Crippen LogP contribution >= 0.6 is 11.6 Å². The van der Waals surface area contributed by atoms with Crippen molar-refractivity contribution in [2.75, 3.05) is 13.2 Å². The van der Waals surface area contributed by atoms with Crippen LogP contribution in [0, 0.1) is 0 Å². The van der Waals surface area contributed by atoms with Crippen molar-refractivity contribution in [1.82, 2.24) is 10.9 Å². The summed E-state index contributed by atoms with van der Waals surface area (Å²) in [5.41, 5.74) is 5.39. The average Bonchev–Trinajstić information content (AvgIpc) is 2.34. The Labute approximate surface area is 106 Å². The van der Waals surface area contributed by atoms with Crippen LogP contribution in [-0.4, -0.2) is 19.1 Å². The number of amides is 1. The van der Waals surface area contributed by atoms with Gasteiger partial charge in [0.15, 0.2) is 6.61 Å². The van der Waals surface area contributed by atoms with Crippen LogP contribution in [0.3, 0.4) is 0 Å². The molecule has 0 bridgehead atoms. The van der Waals surface area contributed by atoms with Gasteiger partial charge in [-0.05, 0) is 30.7 Å². The summed E-state index contributed by atoms with van der Waals surface area (Å²) in [6, 6.07) is 6.88. The molecule has 1 aromatic carbocycles. The molecule has 0 aliphatic heterocycles. The zero-order valence-corrected chi connectivity index (χ0v) is 10.6. The monoisotopic (exact) mass is 256 g/mol. The number of hydrogen-bond donors (Lipinski definition) is 2. The van der Waals surface area contributed by atoms with Gasteiger partial charge in [-0.2, -0.15) is 0 Å². The minimum Gasteiger partial charge on any atom is -0.484 e. The number of ether oxygens (including phenoxy) is 1. The lowest BCUT2D eigenvalue weighted by molar-refractivity contribution is -0.124. The molecule has 0 spiro atoms. The van der Waals surface area contributed by atoms with E-state index in [9.17, 15) is 4.79 Å². The van der Waals surface area contributed by atoms with Gasteiger partial charge in [-0.1, -0.05) is 24.9 Å². The number of benzene rings is 1. The van der Waals surface area contributed by atoms with Crippen molar-refractivity contribution >= 4 is 17.5 Å². The van der Waals surface area contributed by atoms with E-state index in [-0.39, 0.29) is 12.5 Å². The summed E-state index contributed by atoms with van der Waals surface area (Å²) in [5.74, 6) is 0.425. The van der Waals surface area contributed by atoms with Crippen molar-refractivity contribution in [3.05, 3.63) is 29.3 Å². The largest absolute Gasteiger partial charge is 0.484 e. The second kappa shape index (κ2) is 7.92. The Morgan fingerprint density at radius 2 is 2.06 bits per heavy atom. The topological polar surface area (TPSA) is 50.4 Å². The fourth-order valence-corrected chi connectivity index (χ4v) is 1.27. The molecule has 0 fully saturated rings. The quantitative estimate of drug-likeness (QED) is 0.581. The van der Waals surface area contributed by atoms with E-state index in [1.54, 1.807) is 24.3 Å². The van der Waals surface area contributed by atoms with E-state index >= 15 is 0 Å². The van der Waals surface area contributed by atoms with E-state index in [0.29, 0.717) is 10.8 Å². The van der Waals surface area contributed by atoms with Gasteiger partial charge in [0.1, 0.15) is 5.75 Å². The van der Waals surface area contributed by atoms with Gasteiger partial charge >= 0.3 is 0 Å². The van der Waals surface area contributed by atoms with Gasteiger partial charge in [0.25, 0.3) is 5.91 Å². The maximum atomic E-state index is 11.3. The van der Waals surface area contributed by atoms with Crippen molar-refractivity contribution in [1.29, 1.82) is 0 Å². The van der Waals surface area contributed by atoms with Gasteiger partial charge in [-0.3, -0.25) is 10.2 Å². The molecule has 0 atom stereocenters. The summed E-state index contributed by atoms with van der Waals surface area (Å²) in [5, 5.41) is 0.642. The molecule has 0 aromatic heterocycles. The highest BCUT2D eigenvalue weighted by Crippen LogP contribution is 2.15. The highest BCUT2D eigenvalue weighted by atomic mass is 35.5. The lowest BCUT2D eigenvalue weighted by Gasteiger charge is -2.08. The molecular formula is C12H17ClN2O2. The Hall–Kier alpha value is -1.26. The summed E-state index contributed by atoms with van der Waals surface area (Å²) in [4.78, 5) is 11.3. The molecule has 0 unspecified atom stereocenters. The Morgan fingerprint density at radius 1 is 1.35 bits per heavy atom. The van der Waals surface area contributed by atoms with Crippen molar-refractivity contribution in [3.63, 3.8) is 0 Å². The predicted octanol–water partition coefficient (Wildman–Crippen LogP) is 2.14. The summed E-state index contributed by atoms with van der Waals surface area (Å²) in [6.07, 6.45) is 2.11. The second-order valence-electron chi connectivity index (χ2n) is 3.57. The minimum absolute atomic E-state index is 0.0131. The van der Waals surface area contributed by atoms with E-state index in [2.05, 4.69) is 17.8 Å². The molecule has 0 saturated carbocycles. The van der Waals surface area contributed by atoms with Crippen LogP contribution in [0.4, 0.5) is 0 Å². The van der Waals surface area contributed by atoms with Crippen LogP contribution in [0.1, 0.15) is 19.8 Å². The molecule has 2 N–H and O–H groups in total. The molecule has 0 saturated heterocycles. The Kier molecular flexibility index (Phi) is 6.43. The van der Waals surface area contributed by atoms with E-state index in [4.69, 9.17) is 16.3 Å². The van der Waals surface area contributed by atoms with Crippen LogP contribution in [0.5, 0.6) is 5.75 Å². The van der Waals surface area contributed by atoms with Crippen LogP contribution in [0.25, 0.3) is 0 Å². The van der Waals surface area contributed by atoms with Crippen molar-refractivity contribution < 1.29 is 9.53 Å². The molecular weight excluding hydrogens is 240 g/mol. The predicted molar refractivity (Wildman–Crippen MR) is 68.0 cm³/mol. The molecule has 1 rings (SSSR count). The Morgan fingerprint density at radius 3 is 2.71 bits per heavy atom. The number of unbranched alkanes of at least 4 members (excludes halogenated alkanes) is 1. The average molecular weight is 257 g/mol. The number of rotatable bonds is 7. The molecule has 1 amide bonds. The number of hydrogen-bond acceptors (Lipinski definition) is 3. The zero-order valence-electron chi connectivity index (χ0n) is 9.83. The number of nitrogens with one attached hydrogen (secondary N) is 2. The SMILES string of the molecule is CCCCNNC(=O)COc1ccc(Cl)cc1. The van der Waals surface area contributed by atoms with Crippen molar-refractivity contribution in [2.24, 2.45) is 0 Å². The third-order valence-electron chi connectivity index (χ3n) is 2.07. The molecule has 4 nitrogen and oxygen atoms in total. The first-order valence-electron chi connectivity index (χ1n) is 5.62. The molecule has 17 heavy (non-hydrogen) atoms. The number of halogens is 1. The maximum Gasteiger partial charge on any atom is 0.271 e. The lowest BCUT2D eigenvalue weighted by Crippen LogP contribution is -2.40. The first-order valence-corrected chi connectivity index (χ1v) is 6.00. The highest BCUT2D eigenvalue weighted by molar-refractivity contribution is 6.30. The number of carbonyl (C=O) groups excluding carboxylic acids is 1. The molecule has 94 valence electrons. The Balaban J connectivity index is 2.17. The standard InChI is InChI=1S/C12H17ClN2O2/c1-2-3-8-14-15-12(16)9-17-11-6-4-10(13)5-7-11/h4-7,14H,2-3,8-9H2,1H3,(H,15,16). The minimum atomic E-state index is -0.198. The fourth-order valence-electron chi connectivity index (χ4n) is 1.14. The number of carbonyl (C=O) groups is 1. The van der Waals surface area contributed by atoms with Gasteiger partial charge in [0.2, 0.25) is 0 Å². The summed E-state index contributed by atoms with van der Waals surface area (Å²) in [6.45, 7) is 2.84. The Bertz CT molecular complexity index is 341. The molecule has 0 aliphatic carbocycles. The molecule has 0 radical (unpaired) electrons. The highest BCUT2D eigenvalue weighted by Gasteiger charge is 2.01. The fraction of sp³-hybridized carbons (Fsp3) is 0.417. The van der Waals surface area contributed by atoms with Gasteiger partial charge in [-0.15, -0.1) is 0 Å². The molecule has 0 aliphatic rings. The van der Waals surface area contributed by atoms with Crippen LogP contribution in [0.2, 0.25) is 5.02 Å². The second-order valence-corrected chi connectivity index (χ2v) is 4.01. The van der Waals surface area contributed by atoms with Crippen molar-refractivity contribution in [3.8, 4) is 5.75 Å². The summed E-state index contributed by atoms with van der Waals surface area (Å²) < 4.78 is 5.27. The first-order chi connectivity index (χ1) is 8.22. The van der Waals surface area contributed by atoms with Crippen LogP contribution < -0.4 is 15.6 Å². The van der Waals surface area contributed by atoms with E-state index in [0.717, 1.165) is 19.4 Å². The molecule has 0 heterocycles. The smallest absolute Gasteiger partial charge is 0.271 e. The lowest BCUT2D eigenvalue weighted by atomic mass is 10.3. The molecule has 1 aromatic rings. The van der Waals surface area contributed by atoms with Crippen LogP contribution in [0.15, 0.2) is 24.3 Å². The van der Waals surface area contributed by atoms with Gasteiger partial charge < -0.3 is 4.74 Å². The first kappa shape index (κ1) is 13.8. The van der Waals surface area contributed by atoms with Crippen molar-refractivity contribution in [2.45, 2.75) is 19.8 Å². The van der Waals surface area contributed by atoms with E-state index in [1.807, 2.05) is 0 Å². The third kappa shape index (κ3) is 6.14. The van der Waals surface area contributed by atoms with Gasteiger partial charge in [0, 0.05) is 11.6 Å². The molecule has 5 heteroatoms. The zero-order chi connectivity index (χ0) is 12.5. The summed E-state index contributed by atoms with van der Waals surface area (Å²) in [7, 11) is 0. The van der Waals surface area contributed by atoms with Gasteiger partial charge in [-0.25, -0.2) is 5.43 Å². The summed E-state index contributed by atoms with van der Waals surface area (Å²) >= 11 is 5.73. The van der Waals surface area contributed by atoms with Gasteiger partial charge in [0.05, 0.1) is 0 Å². The van der Waals surface area contributed by atoms with E-state index < -0.39 is 0 Å². The van der Waals surface area contributed by atoms with Crippen LogP contribution in [-0.2, 0) is 4.79 Å². The van der Waals surface area contributed by atoms with E-state index in [1.165, 1.54) is 0 Å². The maximum absolute atomic E-state index is 11.3. The number of hydrazine groups is 1. The normalized spacial score (nSPS) is 10.0.